The number of aliphatic hydroxyl groups excluding tert-OH is 1. The minimum Gasteiger partial charge on any atom is -0.519 e. The van der Waals surface area contributed by atoms with E-state index < -0.39 is 13.5 Å². The van der Waals surface area contributed by atoms with Crippen LogP contribution in [0.25, 0.3) is 0 Å². The van der Waals surface area contributed by atoms with Gasteiger partial charge < -0.3 is 27.5 Å². The van der Waals surface area contributed by atoms with Gasteiger partial charge in [0.1, 0.15) is 0 Å². The molecular formula is C9H11BF3KO3. The van der Waals surface area contributed by atoms with Crippen LogP contribution in [-0.4, -0.2) is 25.7 Å². The molecule has 8 heteroatoms. The van der Waals surface area contributed by atoms with Gasteiger partial charge in [0.05, 0.1) is 20.2 Å². The first kappa shape index (κ1) is 17.3. The molecular weight excluding hydrogens is 263 g/mol. The van der Waals surface area contributed by atoms with E-state index in [1.54, 1.807) is 0 Å². The van der Waals surface area contributed by atoms with Crippen LogP contribution in [0.4, 0.5) is 12.9 Å². The molecule has 0 aromatic heterocycles. The SMILES string of the molecule is COc1cc(CO)ccc1OC[B-](F)(F)F.[K+]. The maximum atomic E-state index is 12.0. The molecule has 17 heavy (non-hydrogen) atoms. The molecule has 0 atom stereocenters. The van der Waals surface area contributed by atoms with Crippen LogP contribution in [0.15, 0.2) is 18.2 Å². The zero-order valence-electron chi connectivity index (χ0n) is 9.62. The molecule has 0 bridgehead atoms. The topological polar surface area (TPSA) is 38.7 Å². The third kappa shape index (κ3) is 6.12. The van der Waals surface area contributed by atoms with Crippen molar-refractivity contribution in [3.05, 3.63) is 23.8 Å². The van der Waals surface area contributed by atoms with Crippen molar-refractivity contribution in [2.75, 3.05) is 13.6 Å². The summed E-state index contributed by atoms with van der Waals surface area (Å²) in [5, 5.41) is 8.83. The predicted molar refractivity (Wildman–Crippen MR) is 53.5 cm³/mol. The smallest absolute Gasteiger partial charge is 0.519 e. The van der Waals surface area contributed by atoms with E-state index in [2.05, 4.69) is 4.74 Å². The van der Waals surface area contributed by atoms with Crippen LogP contribution in [0.5, 0.6) is 11.5 Å². The molecule has 3 nitrogen and oxygen atoms in total. The summed E-state index contributed by atoms with van der Waals surface area (Å²) in [5.41, 5.74) is 0.543. The van der Waals surface area contributed by atoms with Crippen molar-refractivity contribution in [2.45, 2.75) is 6.61 Å². The van der Waals surface area contributed by atoms with Crippen LogP contribution in [0, 0.1) is 0 Å². The fourth-order valence-corrected chi connectivity index (χ4v) is 1.11. The fraction of sp³-hybridized carbons (Fsp3) is 0.333. The van der Waals surface area contributed by atoms with Gasteiger partial charge in [-0.25, -0.2) is 0 Å². The number of halogens is 3. The van der Waals surface area contributed by atoms with Crippen molar-refractivity contribution in [3.63, 3.8) is 0 Å². The van der Waals surface area contributed by atoms with Gasteiger partial charge in [-0.05, 0) is 17.7 Å². The van der Waals surface area contributed by atoms with Crippen LogP contribution in [0.1, 0.15) is 5.56 Å². The van der Waals surface area contributed by atoms with Gasteiger partial charge in [0.15, 0.2) is 11.5 Å². The monoisotopic (exact) mass is 274 g/mol. The first-order valence-electron chi connectivity index (χ1n) is 4.58. The Morgan fingerprint density at radius 3 is 2.35 bits per heavy atom. The number of hydrogen-bond donors (Lipinski definition) is 1. The second-order valence-electron chi connectivity index (χ2n) is 3.16. The van der Waals surface area contributed by atoms with Gasteiger partial charge in [-0.15, -0.1) is 0 Å². The van der Waals surface area contributed by atoms with E-state index >= 15 is 0 Å². The first-order valence-corrected chi connectivity index (χ1v) is 4.58. The van der Waals surface area contributed by atoms with Gasteiger partial charge in [-0.2, -0.15) is 0 Å². The summed E-state index contributed by atoms with van der Waals surface area (Å²) in [6.45, 7) is -6.51. The molecule has 90 valence electrons. The van der Waals surface area contributed by atoms with Crippen LogP contribution in [-0.2, 0) is 6.61 Å². The van der Waals surface area contributed by atoms with Crippen molar-refractivity contribution in [1.82, 2.24) is 0 Å². The Bertz CT molecular complexity index is 360. The second-order valence-corrected chi connectivity index (χ2v) is 3.16. The molecule has 0 radical (unpaired) electrons. The van der Waals surface area contributed by atoms with Crippen molar-refractivity contribution in [1.29, 1.82) is 0 Å². The van der Waals surface area contributed by atoms with E-state index in [0.717, 1.165) is 0 Å². The number of hydrogen-bond acceptors (Lipinski definition) is 3. The third-order valence-corrected chi connectivity index (χ3v) is 1.84. The summed E-state index contributed by atoms with van der Waals surface area (Å²) in [6.07, 6.45) is 0. The number of rotatable bonds is 5. The maximum Gasteiger partial charge on any atom is 1.00 e. The number of ether oxygens (including phenoxy) is 2. The largest absolute Gasteiger partial charge is 1.00 e. The van der Waals surface area contributed by atoms with E-state index in [-0.39, 0.29) is 69.5 Å². The summed E-state index contributed by atoms with van der Waals surface area (Å²) < 4.78 is 45.4. The average Bonchev–Trinajstić information content (AvgIpc) is 2.25. The molecule has 0 amide bonds. The predicted octanol–water partition coefficient (Wildman–Crippen LogP) is -1.04. The molecule has 0 saturated heterocycles. The molecule has 0 unspecified atom stereocenters. The molecule has 1 rings (SSSR count). The van der Waals surface area contributed by atoms with E-state index in [4.69, 9.17) is 9.84 Å². The van der Waals surface area contributed by atoms with Crippen LogP contribution < -0.4 is 60.9 Å². The van der Waals surface area contributed by atoms with Crippen molar-refractivity contribution < 1.29 is 78.9 Å². The number of aliphatic hydroxyl groups is 1. The van der Waals surface area contributed by atoms with Gasteiger partial charge >= 0.3 is 58.4 Å². The zero-order valence-corrected chi connectivity index (χ0v) is 12.7. The molecule has 0 saturated carbocycles. The summed E-state index contributed by atoms with van der Waals surface area (Å²) in [5.74, 6) is 0.186. The Labute approximate surface area is 140 Å². The summed E-state index contributed by atoms with van der Waals surface area (Å²) >= 11 is 0. The maximum absolute atomic E-state index is 12.0. The Hall–Kier alpha value is 0.271. The van der Waals surface area contributed by atoms with E-state index in [0.29, 0.717) is 5.56 Å². The van der Waals surface area contributed by atoms with Crippen LogP contribution in [0.2, 0.25) is 0 Å². The molecule has 1 aromatic carbocycles. The minimum absolute atomic E-state index is 0. The Kier molecular flexibility index (Phi) is 7.77. The van der Waals surface area contributed by atoms with Crippen molar-refractivity contribution in [2.24, 2.45) is 0 Å². The molecule has 0 fully saturated rings. The first-order chi connectivity index (χ1) is 7.46. The quantitative estimate of drug-likeness (QED) is 0.697. The van der Waals surface area contributed by atoms with E-state index in [1.165, 1.54) is 25.3 Å². The van der Waals surface area contributed by atoms with E-state index in [1.807, 2.05) is 0 Å². The van der Waals surface area contributed by atoms with Crippen molar-refractivity contribution in [3.8, 4) is 11.5 Å². The van der Waals surface area contributed by atoms with Gasteiger partial charge in [0.2, 0.25) is 0 Å². The van der Waals surface area contributed by atoms with Gasteiger partial charge in [0, 0.05) is 0 Å². The summed E-state index contributed by atoms with van der Waals surface area (Å²) in [6, 6.07) is 4.24. The summed E-state index contributed by atoms with van der Waals surface area (Å²) in [4.78, 5) is 0. The Balaban J connectivity index is 0.00000256. The van der Waals surface area contributed by atoms with Crippen LogP contribution in [0.3, 0.4) is 0 Å². The van der Waals surface area contributed by atoms with Gasteiger partial charge in [-0.1, -0.05) is 6.07 Å². The van der Waals surface area contributed by atoms with Crippen LogP contribution >= 0.6 is 0 Å². The standard InChI is InChI=1S/C9H11BF3O3.K/c1-15-9-4-7(5-14)2-3-8(9)16-6-10(11,12)13;/h2-4,14H,5-6H2,1H3;/q-1;+1. The second kappa shape index (κ2) is 7.65. The minimum atomic E-state index is -4.99. The Morgan fingerprint density at radius 1 is 1.24 bits per heavy atom. The molecule has 0 spiro atoms. The number of benzene rings is 1. The molecule has 0 aliphatic carbocycles. The van der Waals surface area contributed by atoms with Gasteiger partial charge in [-0.3, -0.25) is 0 Å². The fourth-order valence-electron chi connectivity index (χ4n) is 1.11. The Morgan fingerprint density at radius 2 is 1.88 bits per heavy atom. The average molecular weight is 274 g/mol. The zero-order chi connectivity index (χ0) is 12.2. The van der Waals surface area contributed by atoms with E-state index in [9.17, 15) is 12.9 Å². The molecule has 0 aliphatic rings. The number of methoxy groups -OCH3 is 1. The van der Waals surface area contributed by atoms with Crippen molar-refractivity contribution >= 4 is 6.98 Å². The summed E-state index contributed by atoms with van der Waals surface area (Å²) in [7, 11) is 1.32. The molecule has 1 aromatic rings. The van der Waals surface area contributed by atoms with Gasteiger partial charge in [0.25, 0.3) is 0 Å². The molecule has 0 aliphatic heterocycles. The molecule has 1 N–H and O–H groups in total. The molecule has 0 heterocycles. The third-order valence-electron chi connectivity index (χ3n) is 1.84. The normalized spacial score (nSPS) is 10.6.